The van der Waals surface area contributed by atoms with E-state index in [0.717, 1.165) is 6.54 Å². The maximum Gasteiger partial charge on any atom is 0.330 e. The quantitative estimate of drug-likeness (QED) is 0.776. The highest BCUT2D eigenvalue weighted by atomic mass is 16.5. The van der Waals surface area contributed by atoms with Gasteiger partial charge in [-0.2, -0.15) is 5.26 Å². The van der Waals surface area contributed by atoms with Crippen molar-refractivity contribution in [2.45, 2.75) is 19.9 Å². The number of carbonyl (C=O) groups is 1. The molecule has 0 spiro atoms. The topological polar surface area (TPSA) is 91.1 Å². The van der Waals surface area contributed by atoms with Gasteiger partial charge in [-0.05, 0) is 19.9 Å². The van der Waals surface area contributed by atoms with Gasteiger partial charge in [-0.25, -0.2) is 14.8 Å². The number of piperazine rings is 1. The summed E-state index contributed by atoms with van der Waals surface area (Å²) < 4.78 is 5.08. The Bertz CT molecular complexity index is 540. The fourth-order valence-corrected chi connectivity index (χ4v) is 2.13. The van der Waals surface area contributed by atoms with Crippen LogP contribution in [-0.2, 0) is 9.53 Å². The molecule has 2 rings (SSSR count). The van der Waals surface area contributed by atoms with Crippen molar-refractivity contribution in [3.05, 3.63) is 17.5 Å². The summed E-state index contributed by atoms with van der Waals surface area (Å²) in [5.41, 5.74) is 1.00. The predicted molar refractivity (Wildman–Crippen MR) is 72.1 cm³/mol. The zero-order valence-corrected chi connectivity index (χ0v) is 11.6. The SMILES string of the molecule is CCOC(=O)C1CNCCN1c1nc(C)cc(C#N)n1. The van der Waals surface area contributed by atoms with Gasteiger partial charge in [0.2, 0.25) is 5.95 Å². The number of hydrogen-bond donors (Lipinski definition) is 1. The van der Waals surface area contributed by atoms with Crippen LogP contribution >= 0.6 is 0 Å². The number of rotatable bonds is 3. The van der Waals surface area contributed by atoms with E-state index in [-0.39, 0.29) is 5.97 Å². The lowest BCUT2D eigenvalue weighted by Crippen LogP contribution is -2.56. The molecule has 1 atom stereocenters. The van der Waals surface area contributed by atoms with Crippen LogP contribution in [-0.4, -0.2) is 48.2 Å². The van der Waals surface area contributed by atoms with Crippen molar-refractivity contribution < 1.29 is 9.53 Å². The van der Waals surface area contributed by atoms with Crippen LogP contribution in [0.2, 0.25) is 0 Å². The Labute approximate surface area is 117 Å². The molecule has 1 N–H and O–H groups in total. The molecule has 1 unspecified atom stereocenters. The van der Waals surface area contributed by atoms with E-state index in [1.165, 1.54) is 0 Å². The third-order valence-electron chi connectivity index (χ3n) is 3.02. The van der Waals surface area contributed by atoms with Crippen molar-refractivity contribution >= 4 is 11.9 Å². The number of nitriles is 1. The summed E-state index contributed by atoms with van der Waals surface area (Å²) in [6.07, 6.45) is 0. The maximum atomic E-state index is 12.0. The van der Waals surface area contributed by atoms with Gasteiger partial charge in [-0.1, -0.05) is 0 Å². The zero-order valence-electron chi connectivity index (χ0n) is 11.6. The van der Waals surface area contributed by atoms with Crippen LogP contribution in [0.1, 0.15) is 18.3 Å². The molecule has 0 saturated carbocycles. The van der Waals surface area contributed by atoms with E-state index in [9.17, 15) is 4.79 Å². The van der Waals surface area contributed by atoms with Crippen LogP contribution < -0.4 is 10.2 Å². The second-order valence-electron chi connectivity index (χ2n) is 4.47. The second kappa shape index (κ2) is 6.30. The van der Waals surface area contributed by atoms with Gasteiger partial charge in [0.25, 0.3) is 0 Å². The molecule has 1 aromatic heterocycles. The highest BCUT2D eigenvalue weighted by molar-refractivity contribution is 5.80. The molecule has 0 aliphatic carbocycles. The minimum Gasteiger partial charge on any atom is -0.464 e. The summed E-state index contributed by atoms with van der Waals surface area (Å²) in [4.78, 5) is 22.3. The van der Waals surface area contributed by atoms with E-state index in [4.69, 9.17) is 10.00 Å². The highest BCUT2D eigenvalue weighted by Gasteiger charge is 2.31. The largest absolute Gasteiger partial charge is 0.464 e. The summed E-state index contributed by atoms with van der Waals surface area (Å²) in [5.74, 6) is 0.101. The summed E-state index contributed by atoms with van der Waals surface area (Å²) in [6.45, 7) is 5.72. The molecule has 7 heteroatoms. The van der Waals surface area contributed by atoms with E-state index < -0.39 is 6.04 Å². The molecule has 106 valence electrons. The third-order valence-corrected chi connectivity index (χ3v) is 3.02. The minimum atomic E-state index is -0.461. The van der Waals surface area contributed by atoms with Gasteiger partial charge in [-0.3, -0.25) is 0 Å². The van der Waals surface area contributed by atoms with Crippen LogP contribution in [0.5, 0.6) is 0 Å². The van der Waals surface area contributed by atoms with Crippen molar-refractivity contribution in [2.24, 2.45) is 0 Å². The molecule has 7 nitrogen and oxygen atoms in total. The van der Waals surface area contributed by atoms with Crippen molar-refractivity contribution in [2.75, 3.05) is 31.1 Å². The lowest BCUT2D eigenvalue weighted by molar-refractivity contribution is -0.144. The monoisotopic (exact) mass is 275 g/mol. The van der Waals surface area contributed by atoms with E-state index in [1.807, 2.05) is 6.07 Å². The number of anilines is 1. The van der Waals surface area contributed by atoms with E-state index in [1.54, 1.807) is 24.8 Å². The zero-order chi connectivity index (χ0) is 14.5. The second-order valence-corrected chi connectivity index (χ2v) is 4.47. The first-order valence-electron chi connectivity index (χ1n) is 6.55. The normalized spacial score (nSPS) is 18.4. The Kier molecular flexibility index (Phi) is 4.48. The number of nitrogens with one attached hydrogen (secondary N) is 1. The Balaban J connectivity index is 2.30. The summed E-state index contributed by atoms with van der Waals surface area (Å²) >= 11 is 0. The lowest BCUT2D eigenvalue weighted by Gasteiger charge is -2.34. The fourth-order valence-electron chi connectivity index (χ4n) is 2.13. The van der Waals surface area contributed by atoms with Gasteiger partial charge >= 0.3 is 5.97 Å². The van der Waals surface area contributed by atoms with Crippen LogP contribution in [0.15, 0.2) is 6.07 Å². The van der Waals surface area contributed by atoms with Crippen LogP contribution in [0.25, 0.3) is 0 Å². The number of ether oxygens (including phenoxy) is 1. The average molecular weight is 275 g/mol. The van der Waals surface area contributed by atoms with Crippen molar-refractivity contribution in [3.8, 4) is 6.07 Å². The van der Waals surface area contributed by atoms with E-state index in [2.05, 4.69) is 15.3 Å². The molecular formula is C13H17N5O2. The number of hydrogen-bond acceptors (Lipinski definition) is 7. The fraction of sp³-hybridized carbons (Fsp3) is 0.538. The number of nitrogens with zero attached hydrogens (tertiary/aromatic N) is 4. The number of esters is 1. The maximum absolute atomic E-state index is 12.0. The lowest BCUT2D eigenvalue weighted by atomic mass is 10.2. The average Bonchev–Trinajstić information content (AvgIpc) is 2.46. The number of aryl methyl sites for hydroxylation is 1. The number of carbonyl (C=O) groups excluding carboxylic acids is 1. The van der Waals surface area contributed by atoms with Crippen LogP contribution in [0, 0.1) is 18.3 Å². The molecule has 1 aromatic rings. The van der Waals surface area contributed by atoms with Crippen LogP contribution in [0.3, 0.4) is 0 Å². The molecule has 1 fully saturated rings. The Hall–Kier alpha value is -2.20. The van der Waals surface area contributed by atoms with E-state index >= 15 is 0 Å². The highest BCUT2D eigenvalue weighted by Crippen LogP contribution is 2.16. The first kappa shape index (κ1) is 14.2. The summed E-state index contributed by atoms with van der Waals surface area (Å²) in [7, 11) is 0. The summed E-state index contributed by atoms with van der Waals surface area (Å²) in [6, 6.07) is 3.16. The minimum absolute atomic E-state index is 0.300. The molecule has 0 radical (unpaired) electrons. The molecule has 1 aliphatic rings. The first-order chi connectivity index (χ1) is 9.65. The molecule has 2 heterocycles. The molecule has 0 bridgehead atoms. The molecule has 0 amide bonds. The molecular weight excluding hydrogens is 258 g/mol. The van der Waals surface area contributed by atoms with Crippen molar-refractivity contribution in [1.82, 2.24) is 15.3 Å². The molecule has 1 saturated heterocycles. The van der Waals surface area contributed by atoms with E-state index in [0.29, 0.717) is 37.0 Å². The van der Waals surface area contributed by atoms with Crippen molar-refractivity contribution in [3.63, 3.8) is 0 Å². The van der Waals surface area contributed by atoms with Gasteiger partial charge in [0.15, 0.2) is 0 Å². The molecule has 1 aliphatic heterocycles. The first-order valence-corrected chi connectivity index (χ1v) is 6.55. The van der Waals surface area contributed by atoms with Gasteiger partial charge < -0.3 is 15.0 Å². The van der Waals surface area contributed by atoms with Gasteiger partial charge in [-0.15, -0.1) is 0 Å². The molecule has 20 heavy (non-hydrogen) atoms. The summed E-state index contributed by atoms with van der Waals surface area (Å²) in [5, 5.41) is 12.1. The molecule has 0 aromatic carbocycles. The predicted octanol–water partition coefficient (Wildman–Crippen LogP) is -0.00200. The van der Waals surface area contributed by atoms with Gasteiger partial charge in [0, 0.05) is 25.3 Å². The van der Waals surface area contributed by atoms with Gasteiger partial charge in [0.05, 0.1) is 6.61 Å². The standard InChI is InChI=1S/C13H17N5O2/c1-3-20-12(19)11-8-15-4-5-18(11)13-16-9(2)6-10(7-14)17-13/h6,11,15H,3-5,8H2,1-2H3. The smallest absolute Gasteiger partial charge is 0.330 e. The Morgan fingerprint density at radius 2 is 2.45 bits per heavy atom. The number of aromatic nitrogens is 2. The van der Waals surface area contributed by atoms with Gasteiger partial charge in [0.1, 0.15) is 17.8 Å². The third kappa shape index (κ3) is 3.03. The Morgan fingerprint density at radius 1 is 1.65 bits per heavy atom. The Morgan fingerprint density at radius 3 is 3.15 bits per heavy atom. The van der Waals surface area contributed by atoms with Crippen molar-refractivity contribution in [1.29, 1.82) is 5.26 Å². The van der Waals surface area contributed by atoms with Crippen LogP contribution in [0.4, 0.5) is 5.95 Å².